The average molecular weight is 817 g/mol. The molecule has 300 valence electrons. The van der Waals surface area contributed by atoms with Gasteiger partial charge in [-0.2, -0.15) is 10.5 Å². The number of benzene rings is 9. The predicted molar refractivity (Wildman–Crippen MR) is 263 cm³/mol. The maximum absolute atomic E-state index is 10.7. The Labute approximate surface area is 373 Å². The van der Waals surface area contributed by atoms with Crippen molar-refractivity contribution in [2.75, 3.05) is 9.80 Å². The number of hydrogen-bond donors (Lipinski definition) is 0. The number of hydrogen-bond acceptors (Lipinski definition) is 4. The van der Waals surface area contributed by atoms with Crippen molar-refractivity contribution in [3.05, 3.63) is 258 Å². The van der Waals surface area contributed by atoms with Crippen LogP contribution in [-0.4, -0.2) is 0 Å². The molecule has 0 saturated carbocycles. The molecule has 11 rings (SSSR count). The van der Waals surface area contributed by atoms with Crippen LogP contribution < -0.4 is 9.80 Å². The van der Waals surface area contributed by atoms with Crippen LogP contribution in [0.1, 0.15) is 34.7 Å². The predicted octanol–water partition coefficient (Wildman–Crippen LogP) is 15.4. The van der Waals surface area contributed by atoms with Gasteiger partial charge in [0.2, 0.25) is 0 Å². The molecule has 0 N–H and O–H groups in total. The maximum Gasteiger partial charge on any atom is 0.101 e. The molecule has 64 heavy (non-hydrogen) atoms. The summed E-state index contributed by atoms with van der Waals surface area (Å²) in [7, 11) is 0. The van der Waals surface area contributed by atoms with E-state index in [2.05, 4.69) is 174 Å². The van der Waals surface area contributed by atoms with E-state index in [-0.39, 0.29) is 0 Å². The largest absolute Gasteiger partial charge is 0.309 e. The van der Waals surface area contributed by atoms with Crippen molar-refractivity contribution in [1.82, 2.24) is 0 Å². The fourth-order valence-electron chi connectivity index (χ4n) is 10.6. The Bertz CT molecular complexity index is 3460. The number of para-hydroxylation sites is 3. The molecule has 0 atom stereocenters. The zero-order chi connectivity index (χ0) is 43.4. The van der Waals surface area contributed by atoms with Crippen LogP contribution in [0.2, 0.25) is 0 Å². The van der Waals surface area contributed by atoms with Crippen molar-refractivity contribution in [1.29, 1.82) is 10.5 Å². The van der Waals surface area contributed by atoms with Gasteiger partial charge in [0, 0.05) is 22.1 Å². The number of nitriles is 2. The molecule has 9 aromatic carbocycles. The second-order valence-corrected chi connectivity index (χ2v) is 16.1. The molecule has 4 heteroatoms. The Morgan fingerprint density at radius 3 is 1.56 bits per heavy atom. The summed E-state index contributed by atoms with van der Waals surface area (Å²) in [6, 6.07) is 73.6. The van der Waals surface area contributed by atoms with E-state index < -0.39 is 5.41 Å². The summed E-state index contributed by atoms with van der Waals surface area (Å²) in [6.07, 6.45) is 5.58. The van der Waals surface area contributed by atoms with Gasteiger partial charge < -0.3 is 9.80 Å². The molecule has 0 heterocycles. The minimum absolute atomic E-state index is 0.539. The molecule has 4 nitrogen and oxygen atoms in total. The Morgan fingerprint density at radius 1 is 0.516 bits per heavy atom. The first kappa shape index (κ1) is 38.2. The van der Waals surface area contributed by atoms with Crippen molar-refractivity contribution in [3.8, 4) is 34.4 Å². The lowest BCUT2D eigenvalue weighted by Gasteiger charge is -2.34. The summed E-state index contributed by atoms with van der Waals surface area (Å²) in [6.45, 7) is 6.03. The van der Waals surface area contributed by atoms with E-state index in [1.807, 2.05) is 67.6 Å². The summed E-state index contributed by atoms with van der Waals surface area (Å²) in [5, 5.41) is 25.6. The molecular formula is C60H40N4. The topological polar surface area (TPSA) is 54.1 Å². The molecule has 2 aliphatic rings. The second kappa shape index (κ2) is 15.3. The lowest BCUT2D eigenvalue weighted by atomic mass is 9.70. The van der Waals surface area contributed by atoms with Gasteiger partial charge in [-0.1, -0.05) is 164 Å². The molecule has 0 radical (unpaired) electrons. The van der Waals surface area contributed by atoms with Crippen molar-refractivity contribution in [2.24, 2.45) is 0 Å². The van der Waals surface area contributed by atoms with Crippen LogP contribution in [-0.2, 0) is 5.41 Å². The van der Waals surface area contributed by atoms with E-state index in [1.165, 1.54) is 38.9 Å². The van der Waals surface area contributed by atoms with Gasteiger partial charge in [0.05, 0.1) is 39.3 Å². The first-order valence-corrected chi connectivity index (χ1v) is 21.5. The van der Waals surface area contributed by atoms with Crippen LogP contribution in [0.25, 0.3) is 43.8 Å². The van der Waals surface area contributed by atoms with E-state index in [1.54, 1.807) is 6.08 Å². The molecule has 0 fully saturated rings. The molecule has 0 aromatic heterocycles. The number of anilines is 5. The van der Waals surface area contributed by atoms with Crippen LogP contribution in [0.15, 0.2) is 230 Å². The molecular weight excluding hydrogens is 777 g/mol. The Balaban J connectivity index is 1.35. The molecule has 0 aliphatic heterocycles. The van der Waals surface area contributed by atoms with E-state index in [4.69, 9.17) is 0 Å². The normalized spacial score (nSPS) is 13.1. The number of fused-ring (bicyclic) bond motifs is 14. The van der Waals surface area contributed by atoms with Gasteiger partial charge in [-0.3, -0.25) is 0 Å². The summed E-state index contributed by atoms with van der Waals surface area (Å²) in [5.74, 6) is 0. The minimum Gasteiger partial charge on any atom is -0.309 e. The summed E-state index contributed by atoms with van der Waals surface area (Å²) >= 11 is 0. The Morgan fingerprint density at radius 2 is 1.00 bits per heavy atom. The SMILES string of the molecule is C=C/C=C(\C(C#N)=C/C)N(c1ccccc1)c1cc2c(c3ccccc13)-c1c(cc(N(c3ccccc3)c3ccccc3C#N)c3ccccc13)C21c2ccccc2-c2ccccc21. The monoisotopic (exact) mass is 816 g/mol. The molecule has 9 aromatic rings. The van der Waals surface area contributed by atoms with Crippen LogP contribution in [0.4, 0.5) is 28.4 Å². The maximum atomic E-state index is 10.7. The van der Waals surface area contributed by atoms with E-state index in [9.17, 15) is 10.5 Å². The Kier molecular flexibility index (Phi) is 9.16. The molecule has 0 unspecified atom stereocenters. The van der Waals surface area contributed by atoms with Crippen molar-refractivity contribution in [3.63, 3.8) is 0 Å². The summed E-state index contributed by atoms with van der Waals surface area (Å²) < 4.78 is 0. The lowest BCUT2D eigenvalue weighted by molar-refractivity contribution is 0.795. The fraction of sp³-hybridized carbons (Fsp3) is 0.0333. The van der Waals surface area contributed by atoms with Gasteiger partial charge >= 0.3 is 0 Å². The van der Waals surface area contributed by atoms with Crippen molar-refractivity contribution in [2.45, 2.75) is 12.3 Å². The zero-order valence-corrected chi connectivity index (χ0v) is 35.2. The third-order valence-electron chi connectivity index (χ3n) is 13.0. The molecule has 0 amide bonds. The number of rotatable bonds is 8. The third-order valence-corrected chi connectivity index (χ3v) is 13.0. The van der Waals surface area contributed by atoms with Gasteiger partial charge in [0.25, 0.3) is 0 Å². The van der Waals surface area contributed by atoms with Crippen LogP contribution in [0.5, 0.6) is 0 Å². The smallest absolute Gasteiger partial charge is 0.101 e. The Hall–Kier alpha value is -8.70. The highest BCUT2D eigenvalue weighted by Gasteiger charge is 2.53. The molecule has 2 aliphatic carbocycles. The van der Waals surface area contributed by atoms with Gasteiger partial charge in [-0.05, 0) is 117 Å². The third kappa shape index (κ3) is 5.47. The van der Waals surface area contributed by atoms with Crippen LogP contribution in [0, 0.1) is 22.7 Å². The van der Waals surface area contributed by atoms with Crippen LogP contribution in [0.3, 0.4) is 0 Å². The fourth-order valence-corrected chi connectivity index (χ4v) is 10.6. The first-order valence-electron chi connectivity index (χ1n) is 21.5. The lowest BCUT2D eigenvalue weighted by Crippen LogP contribution is -2.27. The number of allylic oxidation sites excluding steroid dienone is 4. The van der Waals surface area contributed by atoms with Gasteiger partial charge in [0.15, 0.2) is 0 Å². The quantitative estimate of drug-likeness (QED) is 0.113. The molecule has 0 bridgehead atoms. The van der Waals surface area contributed by atoms with Gasteiger partial charge in [-0.15, -0.1) is 0 Å². The van der Waals surface area contributed by atoms with Crippen molar-refractivity contribution < 1.29 is 0 Å². The average Bonchev–Trinajstić information content (AvgIpc) is 3.83. The molecule has 0 saturated heterocycles. The van der Waals surface area contributed by atoms with E-state index in [0.717, 1.165) is 61.2 Å². The minimum atomic E-state index is -0.768. The zero-order valence-electron chi connectivity index (χ0n) is 35.2. The standard InChI is InChI=1S/C60H40N4/c1-3-21-54(40(4-2)38-61)63(42-23-7-5-8-24-42)56-36-52-58(48-31-14-12-29-46(48)56)59-49-32-15-13-30-47(49)57(64(43-25-9-6-10-26-43)55-35-20-11-22-41(55)39-62)37-53(59)60(52)50-33-18-16-27-44(50)45-28-17-19-34-51(45)60/h3-37H,1H2,2H3/b40-4-,54-21+. The van der Waals surface area contributed by atoms with E-state index in [0.29, 0.717) is 11.1 Å². The van der Waals surface area contributed by atoms with Gasteiger partial charge in [-0.25, -0.2) is 0 Å². The van der Waals surface area contributed by atoms with Gasteiger partial charge in [0.1, 0.15) is 12.1 Å². The molecule has 1 spiro atoms. The summed E-state index contributed by atoms with van der Waals surface area (Å²) in [5.41, 5.74) is 15.2. The highest BCUT2D eigenvalue weighted by Crippen LogP contribution is 2.67. The second-order valence-electron chi connectivity index (χ2n) is 16.1. The summed E-state index contributed by atoms with van der Waals surface area (Å²) in [4.78, 5) is 4.49. The number of nitrogens with zero attached hydrogens (tertiary/aromatic N) is 4. The highest BCUT2D eigenvalue weighted by atomic mass is 15.2. The van der Waals surface area contributed by atoms with Crippen molar-refractivity contribution >= 4 is 50.0 Å². The highest BCUT2D eigenvalue weighted by molar-refractivity contribution is 6.19. The first-order chi connectivity index (χ1) is 31.6. The van der Waals surface area contributed by atoms with E-state index >= 15 is 0 Å². The van der Waals surface area contributed by atoms with Crippen LogP contribution >= 0.6 is 0 Å².